The molecule has 3 atom stereocenters. The van der Waals surface area contributed by atoms with E-state index in [2.05, 4.69) is 17.1 Å². The first-order valence-corrected chi connectivity index (χ1v) is 11.6. The summed E-state index contributed by atoms with van der Waals surface area (Å²) < 4.78 is 0. The van der Waals surface area contributed by atoms with Gasteiger partial charge in [-0.05, 0) is 54.7 Å². The number of carbonyl (C=O) groups is 1. The predicted molar refractivity (Wildman–Crippen MR) is 124 cm³/mol. The maximum Gasteiger partial charge on any atom is 0.262 e. The van der Waals surface area contributed by atoms with Crippen molar-refractivity contribution in [2.75, 3.05) is 5.32 Å². The molecular weight excluding hydrogens is 423 g/mol. The van der Waals surface area contributed by atoms with Gasteiger partial charge in [0.05, 0.1) is 4.91 Å². The summed E-state index contributed by atoms with van der Waals surface area (Å²) in [6, 6.07) is 15.7. The van der Waals surface area contributed by atoms with E-state index in [1.54, 1.807) is 23.9 Å². The zero-order chi connectivity index (χ0) is 20.4. The Morgan fingerprint density at radius 2 is 1.86 bits per heavy atom. The molecule has 0 bridgehead atoms. The molecule has 1 aliphatic heterocycles. The number of benzene rings is 2. The second-order valence-corrected chi connectivity index (χ2v) is 9.66. The average Bonchev–Trinajstić information content (AvgIpc) is 3.00. The molecule has 1 unspecified atom stereocenters. The van der Waals surface area contributed by atoms with E-state index in [1.807, 2.05) is 42.5 Å². The van der Waals surface area contributed by atoms with Gasteiger partial charge in [0.15, 0.2) is 5.50 Å². The highest BCUT2D eigenvalue weighted by Gasteiger charge is 2.42. The third kappa shape index (κ3) is 4.60. The Hall–Kier alpha value is -1.62. The van der Waals surface area contributed by atoms with E-state index in [-0.39, 0.29) is 17.4 Å². The highest BCUT2D eigenvalue weighted by atomic mass is 35.5. The van der Waals surface area contributed by atoms with Crippen molar-refractivity contribution >= 4 is 52.6 Å². The third-order valence-corrected chi connectivity index (χ3v) is 7.35. The average molecular weight is 447 g/mol. The van der Waals surface area contributed by atoms with Crippen LogP contribution in [0.5, 0.6) is 0 Å². The van der Waals surface area contributed by atoms with Gasteiger partial charge in [0.25, 0.3) is 5.91 Å². The summed E-state index contributed by atoms with van der Waals surface area (Å²) in [5.74, 6) is 0.569. The number of anilines is 1. The summed E-state index contributed by atoms with van der Waals surface area (Å²) in [6.07, 6.45) is 6.52. The quantitative estimate of drug-likeness (QED) is 0.519. The van der Waals surface area contributed by atoms with Crippen LogP contribution >= 0.6 is 35.0 Å². The van der Waals surface area contributed by atoms with Crippen LogP contribution in [0, 0.1) is 5.92 Å². The van der Waals surface area contributed by atoms with Crippen LogP contribution in [-0.2, 0) is 4.79 Å². The van der Waals surface area contributed by atoms with Crippen molar-refractivity contribution in [1.29, 1.82) is 0 Å². The Morgan fingerprint density at radius 1 is 1.10 bits per heavy atom. The number of hydrogen-bond donors (Lipinski definition) is 1. The van der Waals surface area contributed by atoms with Gasteiger partial charge in [-0.15, -0.1) is 0 Å². The smallest absolute Gasteiger partial charge is 0.262 e. The standard InChI is InChI=1S/C23H24Cl2N2OS/c1-15-7-5-6-10-20(15)27-22(28)21(13-16-11-12-17(24)14-19(16)25)29-23(27)26-18-8-3-2-4-9-18/h2-4,8-9,11-15,20,23,26H,5-7,10H2,1H3/b21-13-/t15-,20+,23?/m1/s1. The fourth-order valence-electron chi connectivity index (χ4n) is 4.13. The van der Waals surface area contributed by atoms with Gasteiger partial charge >= 0.3 is 0 Å². The van der Waals surface area contributed by atoms with Gasteiger partial charge in [-0.1, -0.05) is 79.0 Å². The Labute approximate surface area is 186 Å². The summed E-state index contributed by atoms with van der Waals surface area (Å²) in [6.45, 7) is 2.26. The first kappa shape index (κ1) is 20.6. The summed E-state index contributed by atoms with van der Waals surface area (Å²) in [5.41, 5.74) is 1.69. The number of amides is 1. The largest absolute Gasteiger partial charge is 0.356 e. The fourth-order valence-corrected chi connectivity index (χ4v) is 5.79. The lowest BCUT2D eigenvalue weighted by molar-refractivity contribution is -0.129. The zero-order valence-corrected chi connectivity index (χ0v) is 18.6. The van der Waals surface area contributed by atoms with Crippen molar-refractivity contribution in [1.82, 2.24) is 4.90 Å². The summed E-state index contributed by atoms with van der Waals surface area (Å²) in [4.78, 5) is 16.2. The molecule has 6 heteroatoms. The molecular formula is C23H24Cl2N2OS. The second kappa shape index (κ2) is 9.03. The minimum atomic E-state index is -0.132. The molecule has 1 amide bonds. The maximum absolute atomic E-state index is 13.5. The molecule has 1 saturated heterocycles. The van der Waals surface area contributed by atoms with Crippen molar-refractivity contribution < 1.29 is 4.79 Å². The molecule has 1 heterocycles. The Morgan fingerprint density at radius 3 is 2.59 bits per heavy atom. The summed E-state index contributed by atoms with van der Waals surface area (Å²) in [7, 11) is 0. The van der Waals surface area contributed by atoms with Crippen LogP contribution in [0.4, 0.5) is 5.69 Å². The number of nitrogens with zero attached hydrogens (tertiary/aromatic N) is 1. The fraction of sp³-hybridized carbons (Fsp3) is 0.348. The molecule has 1 saturated carbocycles. The van der Waals surface area contributed by atoms with E-state index in [9.17, 15) is 4.79 Å². The van der Waals surface area contributed by atoms with Gasteiger partial charge in [0.2, 0.25) is 0 Å². The minimum absolute atomic E-state index is 0.0770. The molecule has 2 aromatic rings. The number of para-hydroxylation sites is 1. The Balaban J connectivity index is 1.66. The second-order valence-electron chi connectivity index (χ2n) is 7.70. The lowest BCUT2D eigenvalue weighted by Crippen LogP contribution is -2.48. The molecule has 0 aromatic heterocycles. The first-order valence-electron chi connectivity index (χ1n) is 10.0. The van der Waals surface area contributed by atoms with E-state index < -0.39 is 0 Å². The number of hydrogen-bond acceptors (Lipinski definition) is 3. The number of thioether (sulfide) groups is 1. The van der Waals surface area contributed by atoms with Crippen LogP contribution in [0.1, 0.15) is 38.2 Å². The van der Waals surface area contributed by atoms with E-state index in [1.165, 1.54) is 19.3 Å². The van der Waals surface area contributed by atoms with Crippen LogP contribution < -0.4 is 5.32 Å². The topological polar surface area (TPSA) is 32.3 Å². The SMILES string of the molecule is C[C@@H]1CCCC[C@@H]1N1C(=O)/C(=C/c2ccc(Cl)cc2Cl)SC1Nc1ccccc1. The highest BCUT2D eigenvalue weighted by molar-refractivity contribution is 8.05. The van der Waals surface area contributed by atoms with Crippen molar-refractivity contribution in [3.05, 3.63) is 69.0 Å². The molecule has 1 N–H and O–H groups in total. The van der Waals surface area contributed by atoms with Gasteiger partial charge in [-0.2, -0.15) is 0 Å². The van der Waals surface area contributed by atoms with E-state index in [4.69, 9.17) is 23.2 Å². The number of carbonyl (C=O) groups excluding carboxylic acids is 1. The summed E-state index contributed by atoms with van der Waals surface area (Å²) >= 11 is 13.9. The van der Waals surface area contributed by atoms with Gasteiger partial charge in [0, 0.05) is 21.8 Å². The molecule has 3 nitrogen and oxygen atoms in total. The number of rotatable bonds is 4. The van der Waals surface area contributed by atoms with Crippen LogP contribution in [0.25, 0.3) is 6.08 Å². The predicted octanol–water partition coefficient (Wildman–Crippen LogP) is 6.88. The lowest BCUT2D eigenvalue weighted by atomic mass is 9.85. The Kier molecular flexibility index (Phi) is 6.43. The van der Waals surface area contributed by atoms with Crippen LogP contribution in [0.2, 0.25) is 10.0 Å². The number of halogens is 2. The molecule has 0 spiro atoms. The summed E-state index contributed by atoms with van der Waals surface area (Å²) in [5, 5.41) is 4.69. The molecule has 2 aromatic carbocycles. The molecule has 2 fully saturated rings. The Bertz CT molecular complexity index is 918. The lowest BCUT2D eigenvalue weighted by Gasteiger charge is -2.39. The molecule has 0 radical (unpaired) electrons. The van der Waals surface area contributed by atoms with Gasteiger partial charge in [-0.25, -0.2) is 0 Å². The minimum Gasteiger partial charge on any atom is -0.356 e. The first-order chi connectivity index (χ1) is 14.0. The van der Waals surface area contributed by atoms with Crippen LogP contribution in [0.3, 0.4) is 0 Å². The molecule has 152 valence electrons. The molecule has 29 heavy (non-hydrogen) atoms. The monoisotopic (exact) mass is 446 g/mol. The van der Waals surface area contributed by atoms with Crippen molar-refractivity contribution in [2.45, 2.75) is 44.1 Å². The van der Waals surface area contributed by atoms with Crippen molar-refractivity contribution in [2.24, 2.45) is 5.92 Å². The molecule has 1 aliphatic carbocycles. The maximum atomic E-state index is 13.5. The van der Waals surface area contributed by atoms with E-state index in [0.29, 0.717) is 20.9 Å². The van der Waals surface area contributed by atoms with E-state index >= 15 is 0 Å². The third-order valence-electron chi connectivity index (χ3n) is 5.67. The van der Waals surface area contributed by atoms with Crippen molar-refractivity contribution in [3.63, 3.8) is 0 Å². The van der Waals surface area contributed by atoms with E-state index in [0.717, 1.165) is 17.7 Å². The van der Waals surface area contributed by atoms with Crippen LogP contribution in [-0.4, -0.2) is 22.3 Å². The highest BCUT2D eigenvalue weighted by Crippen LogP contribution is 2.42. The normalized spacial score (nSPS) is 26.2. The van der Waals surface area contributed by atoms with Crippen LogP contribution in [0.15, 0.2) is 53.4 Å². The van der Waals surface area contributed by atoms with Crippen molar-refractivity contribution in [3.8, 4) is 0 Å². The molecule has 4 rings (SSSR count). The number of nitrogens with one attached hydrogen (secondary N) is 1. The zero-order valence-electron chi connectivity index (χ0n) is 16.3. The van der Waals surface area contributed by atoms with Gasteiger partial charge in [0.1, 0.15) is 0 Å². The van der Waals surface area contributed by atoms with Gasteiger partial charge in [-0.3, -0.25) is 4.79 Å². The molecule has 2 aliphatic rings. The van der Waals surface area contributed by atoms with Gasteiger partial charge < -0.3 is 10.2 Å².